The fourth-order valence-corrected chi connectivity index (χ4v) is 3.16. The SMILES string of the molecule is Cc1ccccc1-n1cnnc1SCC(=O)NC(=O)NCc1ccccc1. The number of nitrogens with one attached hydrogen (secondary N) is 2. The van der Waals surface area contributed by atoms with Gasteiger partial charge in [0.05, 0.1) is 11.4 Å². The molecular formula is C19H19N5O2S. The van der Waals surface area contributed by atoms with Crippen molar-refractivity contribution in [2.75, 3.05) is 5.75 Å². The highest BCUT2D eigenvalue weighted by atomic mass is 32.2. The van der Waals surface area contributed by atoms with Crippen molar-refractivity contribution in [1.29, 1.82) is 0 Å². The van der Waals surface area contributed by atoms with Gasteiger partial charge in [-0.2, -0.15) is 0 Å². The predicted molar refractivity (Wildman–Crippen MR) is 104 cm³/mol. The average molecular weight is 381 g/mol. The normalized spacial score (nSPS) is 10.4. The lowest BCUT2D eigenvalue weighted by Crippen LogP contribution is -2.39. The van der Waals surface area contributed by atoms with E-state index in [1.54, 1.807) is 6.33 Å². The number of aromatic nitrogens is 3. The molecule has 3 amide bonds. The van der Waals surface area contributed by atoms with Crippen molar-refractivity contribution in [2.45, 2.75) is 18.6 Å². The van der Waals surface area contributed by atoms with E-state index in [1.165, 1.54) is 11.8 Å². The minimum Gasteiger partial charge on any atom is -0.334 e. The number of urea groups is 1. The molecule has 3 aromatic rings. The van der Waals surface area contributed by atoms with Gasteiger partial charge in [-0.15, -0.1) is 10.2 Å². The van der Waals surface area contributed by atoms with Gasteiger partial charge >= 0.3 is 6.03 Å². The molecule has 27 heavy (non-hydrogen) atoms. The molecule has 0 saturated heterocycles. The van der Waals surface area contributed by atoms with Gasteiger partial charge in [-0.3, -0.25) is 14.7 Å². The maximum atomic E-state index is 12.0. The largest absolute Gasteiger partial charge is 0.334 e. The smallest absolute Gasteiger partial charge is 0.321 e. The third-order valence-corrected chi connectivity index (χ3v) is 4.72. The zero-order chi connectivity index (χ0) is 19.1. The number of amides is 3. The molecule has 0 atom stereocenters. The third kappa shape index (κ3) is 5.18. The Labute approximate surface area is 161 Å². The van der Waals surface area contributed by atoms with Gasteiger partial charge in [-0.05, 0) is 24.1 Å². The van der Waals surface area contributed by atoms with Crippen molar-refractivity contribution < 1.29 is 9.59 Å². The van der Waals surface area contributed by atoms with Crippen molar-refractivity contribution >= 4 is 23.7 Å². The first kappa shape index (κ1) is 18.7. The van der Waals surface area contributed by atoms with Crippen LogP contribution in [0.25, 0.3) is 5.69 Å². The highest BCUT2D eigenvalue weighted by Crippen LogP contribution is 2.21. The molecule has 0 aliphatic carbocycles. The Bertz CT molecular complexity index is 927. The summed E-state index contributed by atoms with van der Waals surface area (Å²) in [5, 5.41) is 13.5. The molecule has 0 aliphatic rings. The number of imide groups is 1. The number of aryl methyl sites for hydroxylation is 1. The van der Waals surface area contributed by atoms with Crippen LogP contribution in [-0.4, -0.2) is 32.5 Å². The van der Waals surface area contributed by atoms with E-state index in [0.29, 0.717) is 11.7 Å². The fourth-order valence-electron chi connectivity index (χ4n) is 2.44. The van der Waals surface area contributed by atoms with Crippen LogP contribution in [-0.2, 0) is 11.3 Å². The zero-order valence-corrected chi connectivity index (χ0v) is 15.6. The Balaban J connectivity index is 1.51. The van der Waals surface area contributed by atoms with Crippen LogP contribution in [0.4, 0.5) is 4.79 Å². The van der Waals surface area contributed by atoms with E-state index in [9.17, 15) is 9.59 Å². The van der Waals surface area contributed by atoms with Gasteiger partial charge < -0.3 is 5.32 Å². The Kier molecular flexibility index (Phi) is 6.22. The van der Waals surface area contributed by atoms with Crippen LogP contribution in [0.1, 0.15) is 11.1 Å². The number of hydrogen-bond acceptors (Lipinski definition) is 5. The maximum absolute atomic E-state index is 12.0. The van der Waals surface area contributed by atoms with Gasteiger partial charge in [0.15, 0.2) is 5.16 Å². The summed E-state index contributed by atoms with van der Waals surface area (Å²) >= 11 is 1.22. The third-order valence-electron chi connectivity index (χ3n) is 3.77. The minimum absolute atomic E-state index is 0.0589. The number of carbonyl (C=O) groups is 2. The van der Waals surface area contributed by atoms with E-state index in [1.807, 2.05) is 66.1 Å². The molecule has 0 spiro atoms. The second kappa shape index (κ2) is 9.00. The molecule has 0 aliphatic heterocycles. The molecule has 0 fully saturated rings. The fraction of sp³-hybridized carbons (Fsp3) is 0.158. The first-order valence-electron chi connectivity index (χ1n) is 8.34. The lowest BCUT2D eigenvalue weighted by molar-refractivity contribution is -0.117. The number of nitrogens with zero attached hydrogens (tertiary/aromatic N) is 3. The van der Waals surface area contributed by atoms with Gasteiger partial charge in [0.25, 0.3) is 0 Å². The van der Waals surface area contributed by atoms with Crippen LogP contribution in [0, 0.1) is 6.92 Å². The Hall–Kier alpha value is -3.13. The van der Waals surface area contributed by atoms with Gasteiger partial charge in [0, 0.05) is 6.54 Å². The molecule has 1 aromatic heterocycles. The summed E-state index contributed by atoms with van der Waals surface area (Å²) < 4.78 is 1.82. The molecule has 3 rings (SSSR count). The van der Waals surface area contributed by atoms with Gasteiger partial charge in [0.2, 0.25) is 5.91 Å². The molecule has 138 valence electrons. The minimum atomic E-state index is -0.523. The van der Waals surface area contributed by atoms with Crippen LogP contribution in [0.2, 0.25) is 0 Å². The van der Waals surface area contributed by atoms with Crippen LogP contribution >= 0.6 is 11.8 Å². The molecule has 0 radical (unpaired) electrons. The molecule has 0 bridgehead atoms. The summed E-state index contributed by atoms with van der Waals surface area (Å²) in [4.78, 5) is 23.9. The van der Waals surface area contributed by atoms with Crippen molar-refractivity contribution in [1.82, 2.24) is 25.4 Å². The van der Waals surface area contributed by atoms with Crippen LogP contribution in [0.3, 0.4) is 0 Å². The Morgan fingerprint density at radius 2 is 1.81 bits per heavy atom. The van der Waals surface area contributed by atoms with E-state index in [2.05, 4.69) is 20.8 Å². The number of carbonyl (C=O) groups excluding carboxylic acids is 2. The maximum Gasteiger partial charge on any atom is 0.321 e. The van der Waals surface area contributed by atoms with Crippen molar-refractivity contribution in [3.8, 4) is 5.69 Å². The highest BCUT2D eigenvalue weighted by molar-refractivity contribution is 7.99. The second-order valence-corrected chi connectivity index (χ2v) is 6.72. The summed E-state index contributed by atoms with van der Waals surface area (Å²) in [6.07, 6.45) is 1.61. The van der Waals surface area contributed by atoms with Gasteiger partial charge in [-0.1, -0.05) is 60.3 Å². The van der Waals surface area contributed by atoms with E-state index >= 15 is 0 Å². The van der Waals surface area contributed by atoms with Gasteiger partial charge in [-0.25, -0.2) is 4.79 Å². The van der Waals surface area contributed by atoms with Gasteiger partial charge in [0.1, 0.15) is 6.33 Å². The number of benzene rings is 2. The average Bonchev–Trinajstić information content (AvgIpc) is 3.14. The summed E-state index contributed by atoms with van der Waals surface area (Å²) in [5.74, 6) is -0.339. The Morgan fingerprint density at radius 1 is 1.07 bits per heavy atom. The second-order valence-electron chi connectivity index (χ2n) is 5.78. The summed E-state index contributed by atoms with van der Waals surface area (Å²) in [6.45, 7) is 2.35. The molecule has 2 aromatic carbocycles. The Morgan fingerprint density at radius 3 is 2.59 bits per heavy atom. The van der Waals surface area contributed by atoms with Crippen molar-refractivity contribution in [3.63, 3.8) is 0 Å². The molecular weight excluding hydrogens is 362 g/mol. The first-order valence-corrected chi connectivity index (χ1v) is 9.32. The van der Waals surface area contributed by atoms with Crippen LogP contribution in [0.15, 0.2) is 66.1 Å². The lowest BCUT2D eigenvalue weighted by atomic mass is 10.2. The molecule has 2 N–H and O–H groups in total. The number of hydrogen-bond donors (Lipinski definition) is 2. The topological polar surface area (TPSA) is 88.9 Å². The van der Waals surface area contributed by atoms with Crippen molar-refractivity contribution in [2.24, 2.45) is 0 Å². The predicted octanol–water partition coefficient (Wildman–Crippen LogP) is 2.69. The molecule has 0 saturated carbocycles. The van der Waals surface area contributed by atoms with Crippen LogP contribution < -0.4 is 10.6 Å². The van der Waals surface area contributed by atoms with E-state index in [4.69, 9.17) is 0 Å². The van der Waals surface area contributed by atoms with E-state index in [-0.39, 0.29) is 5.75 Å². The molecule has 7 nitrogen and oxygen atoms in total. The van der Waals surface area contributed by atoms with Crippen LogP contribution in [0.5, 0.6) is 0 Å². The van der Waals surface area contributed by atoms with E-state index in [0.717, 1.165) is 16.8 Å². The molecule has 8 heteroatoms. The summed E-state index contributed by atoms with van der Waals surface area (Å²) in [5.41, 5.74) is 2.98. The van der Waals surface area contributed by atoms with E-state index < -0.39 is 11.9 Å². The molecule has 0 unspecified atom stereocenters. The lowest BCUT2D eigenvalue weighted by Gasteiger charge is -2.09. The number of rotatable bonds is 6. The highest BCUT2D eigenvalue weighted by Gasteiger charge is 2.13. The monoisotopic (exact) mass is 381 g/mol. The van der Waals surface area contributed by atoms with Crippen molar-refractivity contribution in [3.05, 3.63) is 72.1 Å². The summed E-state index contributed by atoms with van der Waals surface area (Å²) in [7, 11) is 0. The quantitative estimate of drug-likeness (QED) is 0.641. The molecule has 1 heterocycles. The number of thioether (sulfide) groups is 1. The summed E-state index contributed by atoms with van der Waals surface area (Å²) in [6, 6.07) is 16.8. The zero-order valence-electron chi connectivity index (χ0n) is 14.8. The standard InChI is InChI=1S/C19H19N5O2S/c1-14-7-5-6-10-16(14)24-13-21-23-19(24)27-12-17(25)22-18(26)20-11-15-8-3-2-4-9-15/h2-10,13H,11-12H2,1H3,(H2,20,22,25,26). The number of para-hydroxylation sites is 1. The first-order chi connectivity index (χ1) is 13.1.